The molecule has 1 atom stereocenters. The van der Waals surface area contributed by atoms with Crippen molar-refractivity contribution in [2.75, 3.05) is 0 Å². The van der Waals surface area contributed by atoms with E-state index in [4.69, 9.17) is 17.4 Å². The number of hydrogen-bond acceptors (Lipinski definition) is 2. The highest BCUT2D eigenvalue weighted by Gasteiger charge is 2.13. The summed E-state index contributed by atoms with van der Waals surface area (Å²) in [5.41, 5.74) is 5.61. The summed E-state index contributed by atoms with van der Waals surface area (Å²) in [6.07, 6.45) is 0.610. The molecular weight excluding hydrogens is 263 g/mol. The van der Waals surface area contributed by atoms with Gasteiger partial charge in [0, 0.05) is 5.02 Å². The molecule has 0 aromatic heterocycles. The third-order valence-electron chi connectivity index (χ3n) is 3.08. The molecule has 0 spiro atoms. The van der Waals surface area contributed by atoms with Crippen LogP contribution in [0.2, 0.25) is 5.02 Å². The van der Waals surface area contributed by atoms with E-state index in [1.165, 1.54) is 12.1 Å². The van der Waals surface area contributed by atoms with Gasteiger partial charge in [-0.25, -0.2) is 4.39 Å². The fourth-order valence-electron chi connectivity index (χ4n) is 2.03. The van der Waals surface area contributed by atoms with Gasteiger partial charge < -0.3 is 0 Å². The van der Waals surface area contributed by atoms with Crippen molar-refractivity contribution >= 4 is 11.6 Å². The lowest BCUT2D eigenvalue weighted by atomic mass is 9.98. The molecule has 19 heavy (non-hydrogen) atoms. The van der Waals surface area contributed by atoms with Gasteiger partial charge in [0.25, 0.3) is 0 Å². The normalized spacial score (nSPS) is 12.4. The number of hydrazine groups is 1. The Hall–Kier alpha value is -1.42. The molecule has 0 saturated carbocycles. The van der Waals surface area contributed by atoms with Crippen LogP contribution >= 0.6 is 11.6 Å². The maximum absolute atomic E-state index is 13.2. The van der Waals surface area contributed by atoms with Crippen LogP contribution in [0.1, 0.15) is 22.7 Å². The van der Waals surface area contributed by atoms with Crippen molar-refractivity contribution in [2.45, 2.75) is 19.4 Å². The molecule has 0 amide bonds. The van der Waals surface area contributed by atoms with E-state index < -0.39 is 0 Å². The fraction of sp³-hybridized carbons (Fsp3) is 0.200. The van der Waals surface area contributed by atoms with Gasteiger partial charge in [0.1, 0.15) is 5.82 Å². The van der Waals surface area contributed by atoms with E-state index >= 15 is 0 Å². The first-order chi connectivity index (χ1) is 9.10. The van der Waals surface area contributed by atoms with Crippen molar-refractivity contribution in [3.63, 3.8) is 0 Å². The Balaban J connectivity index is 2.24. The average molecular weight is 279 g/mol. The summed E-state index contributed by atoms with van der Waals surface area (Å²) in [5, 5.41) is 0.705. The smallest absolute Gasteiger partial charge is 0.123 e. The average Bonchev–Trinajstić information content (AvgIpc) is 2.38. The molecule has 0 aliphatic rings. The summed E-state index contributed by atoms with van der Waals surface area (Å²) in [4.78, 5) is 0. The van der Waals surface area contributed by atoms with Crippen LogP contribution in [0.25, 0.3) is 0 Å². The molecule has 2 nitrogen and oxygen atoms in total. The van der Waals surface area contributed by atoms with Crippen molar-refractivity contribution in [3.05, 3.63) is 70.0 Å². The first-order valence-corrected chi connectivity index (χ1v) is 6.44. The predicted molar refractivity (Wildman–Crippen MR) is 76.4 cm³/mol. The maximum atomic E-state index is 13.2. The molecule has 1 unspecified atom stereocenters. The number of benzene rings is 2. The summed E-state index contributed by atoms with van der Waals surface area (Å²) in [5.74, 6) is 5.30. The Labute approximate surface area is 117 Å². The highest BCUT2D eigenvalue weighted by Crippen LogP contribution is 2.24. The second-order valence-corrected chi connectivity index (χ2v) is 4.98. The lowest BCUT2D eigenvalue weighted by Crippen LogP contribution is -2.29. The van der Waals surface area contributed by atoms with Gasteiger partial charge in [0.05, 0.1) is 6.04 Å². The zero-order valence-corrected chi connectivity index (χ0v) is 11.4. The minimum Gasteiger partial charge on any atom is -0.271 e. The zero-order chi connectivity index (χ0) is 13.8. The van der Waals surface area contributed by atoms with Gasteiger partial charge in [-0.05, 0) is 48.2 Å². The van der Waals surface area contributed by atoms with Crippen molar-refractivity contribution in [1.82, 2.24) is 5.43 Å². The summed E-state index contributed by atoms with van der Waals surface area (Å²) in [6, 6.07) is 12.1. The Morgan fingerprint density at radius 1 is 1.26 bits per heavy atom. The number of aryl methyl sites for hydroxylation is 1. The Bertz CT molecular complexity index is 572. The molecule has 0 fully saturated rings. The summed E-state index contributed by atoms with van der Waals surface area (Å²) in [6.45, 7) is 1.99. The SMILES string of the molecule is Cc1ccc(CC(NN)c2cccc(F)c2)c(Cl)c1. The molecule has 0 heterocycles. The van der Waals surface area contributed by atoms with Gasteiger partial charge in [-0.2, -0.15) is 0 Å². The maximum Gasteiger partial charge on any atom is 0.123 e. The van der Waals surface area contributed by atoms with Crippen LogP contribution in [0.15, 0.2) is 42.5 Å². The summed E-state index contributed by atoms with van der Waals surface area (Å²) in [7, 11) is 0. The van der Waals surface area contributed by atoms with Gasteiger partial charge in [-0.1, -0.05) is 35.9 Å². The standard InChI is InChI=1S/C15H16ClFN2/c1-10-5-6-11(14(16)7-10)9-15(19-18)12-3-2-4-13(17)8-12/h2-8,15,19H,9,18H2,1H3. The van der Waals surface area contributed by atoms with Crippen LogP contribution in [0.3, 0.4) is 0 Å². The molecule has 0 saturated heterocycles. The third-order valence-corrected chi connectivity index (χ3v) is 3.44. The largest absolute Gasteiger partial charge is 0.271 e. The summed E-state index contributed by atoms with van der Waals surface area (Å²) >= 11 is 6.21. The minimum atomic E-state index is -0.271. The van der Waals surface area contributed by atoms with Crippen molar-refractivity contribution in [2.24, 2.45) is 5.84 Å². The van der Waals surface area contributed by atoms with Gasteiger partial charge >= 0.3 is 0 Å². The number of hydrogen-bond donors (Lipinski definition) is 2. The molecule has 2 aromatic rings. The number of nitrogens with two attached hydrogens (primary N) is 1. The van der Waals surface area contributed by atoms with Crippen LogP contribution in [-0.4, -0.2) is 0 Å². The third kappa shape index (κ3) is 3.53. The highest BCUT2D eigenvalue weighted by molar-refractivity contribution is 6.31. The topological polar surface area (TPSA) is 38.0 Å². The lowest BCUT2D eigenvalue weighted by molar-refractivity contribution is 0.544. The minimum absolute atomic E-state index is 0.170. The van der Waals surface area contributed by atoms with Gasteiger partial charge in [0.2, 0.25) is 0 Å². The van der Waals surface area contributed by atoms with Crippen LogP contribution < -0.4 is 11.3 Å². The molecule has 0 radical (unpaired) electrons. The molecule has 0 bridgehead atoms. The first-order valence-electron chi connectivity index (χ1n) is 6.07. The first kappa shape index (κ1) is 14.0. The Morgan fingerprint density at radius 2 is 2.05 bits per heavy atom. The second-order valence-electron chi connectivity index (χ2n) is 4.57. The highest BCUT2D eigenvalue weighted by atomic mass is 35.5. The number of halogens is 2. The van der Waals surface area contributed by atoms with Crippen molar-refractivity contribution in [1.29, 1.82) is 0 Å². The lowest BCUT2D eigenvalue weighted by Gasteiger charge is -2.17. The monoisotopic (exact) mass is 278 g/mol. The van der Waals surface area contributed by atoms with E-state index in [0.29, 0.717) is 11.4 Å². The van der Waals surface area contributed by atoms with E-state index in [1.54, 1.807) is 6.07 Å². The molecular formula is C15H16ClFN2. The van der Waals surface area contributed by atoms with Crippen LogP contribution in [0, 0.1) is 12.7 Å². The second kappa shape index (κ2) is 6.15. The van der Waals surface area contributed by atoms with Crippen molar-refractivity contribution in [3.8, 4) is 0 Å². The molecule has 100 valence electrons. The van der Waals surface area contributed by atoms with Crippen molar-refractivity contribution < 1.29 is 4.39 Å². The Kier molecular flexibility index (Phi) is 4.53. The molecule has 0 aliphatic carbocycles. The van der Waals surface area contributed by atoms with Gasteiger partial charge in [-0.3, -0.25) is 11.3 Å². The van der Waals surface area contributed by atoms with Crippen LogP contribution in [0.5, 0.6) is 0 Å². The molecule has 2 aromatic carbocycles. The number of nitrogens with one attached hydrogen (secondary N) is 1. The molecule has 0 aliphatic heterocycles. The molecule has 4 heteroatoms. The zero-order valence-electron chi connectivity index (χ0n) is 10.7. The predicted octanol–water partition coefficient (Wildman–Crippen LogP) is 3.53. The van der Waals surface area contributed by atoms with E-state index in [0.717, 1.165) is 16.7 Å². The fourth-order valence-corrected chi connectivity index (χ4v) is 2.35. The quantitative estimate of drug-likeness (QED) is 0.663. The van der Waals surface area contributed by atoms with Crippen LogP contribution in [-0.2, 0) is 6.42 Å². The summed E-state index contributed by atoms with van der Waals surface area (Å²) < 4.78 is 13.2. The van der Waals surface area contributed by atoms with Gasteiger partial charge in [0.15, 0.2) is 0 Å². The van der Waals surface area contributed by atoms with E-state index in [9.17, 15) is 4.39 Å². The molecule has 2 rings (SSSR count). The van der Waals surface area contributed by atoms with E-state index in [2.05, 4.69) is 5.43 Å². The van der Waals surface area contributed by atoms with E-state index in [1.807, 2.05) is 31.2 Å². The number of rotatable bonds is 4. The Morgan fingerprint density at radius 3 is 2.68 bits per heavy atom. The van der Waals surface area contributed by atoms with E-state index in [-0.39, 0.29) is 11.9 Å². The molecule has 3 N–H and O–H groups in total. The van der Waals surface area contributed by atoms with Gasteiger partial charge in [-0.15, -0.1) is 0 Å². The van der Waals surface area contributed by atoms with Crippen LogP contribution in [0.4, 0.5) is 4.39 Å².